The lowest BCUT2D eigenvalue weighted by Crippen LogP contribution is -2.39. The van der Waals surface area contributed by atoms with Crippen LogP contribution >= 0.6 is 0 Å². The number of fused-ring (bicyclic) bond motifs is 1. The SMILES string of the molecule is Cc1ccc(-n2[nH]c(C(=O)N3CC[C@@H]4CCCC[C@@H]43)cc2=O)cc1. The van der Waals surface area contributed by atoms with Crippen molar-refractivity contribution in [3.8, 4) is 5.69 Å². The molecule has 1 aliphatic heterocycles. The third-order valence-electron chi connectivity index (χ3n) is 5.51. The fourth-order valence-electron chi connectivity index (χ4n) is 4.20. The highest BCUT2D eigenvalue weighted by molar-refractivity contribution is 5.92. The fourth-order valence-corrected chi connectivity index (χ4v) is 4.20. The number of rotatable bonds is 2. The minimum Gasteiger partial charge on any atom is -0.334 e. The Morgan fingerprint density at radius 1 is 1.12 bits per heavy atom. The Morgan fingerprint density at radius 2 is 1.88 bits per heavy atom. The second-order valence-corrected chi connectivity index (χ2v) is 7.08. The smallest absolute Gasteiger partial charge is 0.272 e. The molecule has 2 aliphatic rings. The summed E-state index contributed by atoms with van der Waals surface area (Å²) >= 11 is 0. The maximum absolute atomic E-state index is 12.9. The molecule has 0 spiro atoms. The lowest BCUT2D eigenvalue weighted by atomic mass is 9.85. The molecular formula is C19H23N3O2. The van der Waals surface area contributed by atoms with Crippen LogP contribution in [-0.2, 0) is 0 Å². The molecule has 2 atom stereocenters. The highest BCUT2D eigenvalue weighted by Gasteiger charge is 2.38. The number of aryl methyl sites for hydroxylation is 1. The molecule has 5 nitrogen and oxygen atoms in total. The molecule has 126 valence electrons. The minimum absolute atomic E-state index is 0.0349. The molecule has 0 unspecified atom stereocenters. The number of nitrogens with one attached hydrogen (secondary N) is 1. The van der Waals surface area contributed by atoms with Gasteiger partial charge in [0.15, 0.2) is 0 Å². The van der Waals surface area contributed by atoms with E-state index in [1.165, 1.54) is 30.0 Å². The summed E-state index contributed by atoms with van der Waals surface area (Å²) in [5.41, 5.74) is 2.09. The number of hydrogen-bond donors (Lipinski definition) is 1. The van der Waals surface area contributed by atoms with Crippen LogP contribution in [0.5, 0.6) is 0 Å². The summed E-state index contributed by atoms with van der Waals surface area (Å²) in [6.45, 7) is 2.82. The van der Waals surface area contributed by atoms with Gasteiger partial charge in [0, 0.05) is 18.7 Å². The van der Waals surface area contributed by atoms with Gasteiger partial charge < -0.3 is 4.90 Å². The largest absolute Gasteiger partial charge is 0.334 e. The van der Waals surface area contributed by atoms with E-state index < -0.39 is 0 Å². The summed E-state index contributed by atoms with van der Waals surface area (Å²) in [6, 6.07) is 9.47. The molecule has 1 saturated heterocycles. The number of benzene rings is 1. The van der Waals surface area contributed by atoms with Crippen molar-refractivity contribution >= 4 is 5.91 Å². The van der Waals surface area contributed by atoms with Crippen LogP contribution in [0, 0.1) is 12.8 Å². The second-order valence-electron chi connectivity index (χ2n) is 7.08. The van der Waals surface area contributed by atoms with Crippen LogP contribution in [0.3, 0.4) is 0 Å². The zero-order chi connectivity index (χ0) is 16.7. The lowest BCUT2D eigenvalue weighted by Gasteiger charge is -2.31. The number of hydrogen-bond acceptors (Lipinski definition) is 2. The first-order valence-corrected chi connectivity index (χ1v) is 8.83. The van der Waals surface area contributed by atoms with Gasteiger partial charge in [-0.25, -0.2) is 4.68 Å². The third-order valence-corrected chi connectivity index (χ3v) is 5.51. The molecule has 1 amide bonds. The van der Waals surface area contributed by atoms with E-state index in [4.69, 9.17) is 0 Å². The van der Waals surface area contributed by atoms with Crippen LogP contribution in [0.2, 0.25) is 0 Å². The van der Waals surface area contributed by atoms with Gasteiger partial charge in [0.1, 0.15) is 5.69 Å². The van der Waals surface area contributed by atoms with Gasteiger partial charge in [0.2, 0.25) is 0 Å². The summed E-state index contributed by atoms with van der Waals surface area (Å²) in [7, 11) is 0. The van der Waals surface area contributed by atoms with E-state index in [1.807, 2.05) is 36.1 Å². The van der Waals surface area contributed by atoms with Crippen molar-refractivity contribution in [3.05, 3.63) is 51.9 Å². The molecule has 0 radical (unpaired) electrons. The first kappa shape index (κ1) is 15.2. The number of carbonyl (C=O) groups is 1. The Kier molecular flexibility index (Phi) is 3.79. The summed E-state index contributed by atoms with van der Waals surface area (Å²) < 4.78 is 1.45. The van der Waals surface area contributed by atoms with Gasteiger partial charge in [0.25, 0.3) is 11.5 Å². The normalized spacial score (nSPS) is 23.3. The molecule has 2 heterocycles. The van der Waals surface area contributed by atoms with Crippen molar-refractivity contribution < 1.29 is 4.79 Å². The van der Waals surface area contributed by atoms with Gasteiger partial charge in [0.05, 0.1) is 5.69 Å². The van der Waals surface area contributed by atoms with Gasteiger partial charge in [-0.1, -0.05) is 30.5 Å². The molecule has 0 bridgehead atoms. The number of amides is 1. The van der Waals surface area contributed by atoms with Crippen LogP contribution in [0.4, 0.5) is 0 Å². The molecule has 1 saturated carbocycles. The first-order valence-electron chi connectivity index (χ1n) is 8.83. The highest BCUT2D eigenvalue weighted by Crippen LogP contribution is 2.36. The van der Waals surface area contributed by atoms with Gasteiger partial charge in [-0.2, -0.15) is 0 Å². The van der Waals surface area contributed by atoms with E-state index in [0.717, 1.165) is 30.6 Å². The quantitative estimate of drug-likeness (QED) is 0.923. The molecule has 1 aliphatic carbocycles. The van der Waals surface area contributed by atoms with E-state index in [2.05, 4.69) is 5.10 Å². The number of H-pyrrole nitrogens is 1. The maximum Gasteiger partial charge on any atom is 0.272 e. The second kappa shape index (κ2) is 5.96. The van der Waals surface area contributed by atoms with Crippen LogP contribution in [0.25, 0.3) is 5.69 Å². The molecule has 2 aromatic rings. The summed E-state index contributed by atoms with van der Waals surface area (Å²) in [4.78, 5) is 27.2. The first-order chi connectivity index (χ1) is 11.6. The van der Waals surface area contributed by atoms with E-state index in [0.29, 0.717) is 17.7 Å². The molecule has 2 fully saturated rings. The average Bonchev–Trinajstić information content (AvgIpc) is 3.19. The Hall–Kier alpha value is -2.30. The predicted octanol–water partition coefficient (Wildman–Crippen LogP) is 2.88. The van der Waals surface area contributed by atoms with Gasteiger partial charge in [-0.3, -0.25) is 14.7 Å². The molecule has 5 heteroatoms. The van der Waals surface area contributed by atoms with Crippen molar-refractivity contribution in [2.24, 2.45) is 5.92 Å². The maximum atomic E-state index is 12.9. The number of likely N-dealkylation sites (tertiary alicyclic amines) is 1. The average molecular weight is 325 g/mol. The van der Waals surface area contributed by atoms with E-state index in [-0.39, 0.29) is 11.5 Å². The van der Waals surface area contributed by atoms with Gasteiger partial charge in [-0.15, -0.1) is 0 Å². The summed E-state index contributed by atoms with van der Waals surface area (Å²) in [5.74, 6) is 0.612. The molecule has 1 aromatic heterocycles. The third kappa shape index (κ3) is 2.58. The van der Waals surface area contributed by atoms with Gasteiger partial charge >= 0.3 is 0 Å². The predicted molar refractivity (Wildman–Crippen MR) is 92.5 cm³/mol. The lowest BCUT2D eigenvalue weighted by molar-refractivity contribution is 0.0683. The molecule has 4 rings (SSSR count). The molecular weight excluding hydrogens is 302 g/mol. The molecule has 24 heavy (non-hydrogen) atoms. The Balaban J connectivity index is 1.61. The van der Waals surface area contributed by atoms with Gasteiger partial charge in [-0.05, 0) is 44.2 Å². The Bertz CT molecular complexity index is 803. The van der Waals surface area contributed by atoms with Crippen molar-refractivity contribution in [2.75, 3.05) is 6.54 Å². The van der Waals surface area contributed by atoms with E-state index in [1.54, 1.807) is 0 Å². The van der Waals surface area contributed by atoms with E-state index in [9.17, 15) is 9.59 Å². The van der Waals surface area contributed by atoms with Crippen LogP contribution < -0.4 is 5.56 Å². The number of nitrogens with zero attached hydrogens (tertiary/aromatic N) is 2. The summed E-state index contributed by atoms with van der Waals surface area (Å²) in [6.07, 6.45) is 5.91. The van der Waals surface area contributed by atoms with Crippen molar-refractivity contribution in [1.82, 2.24) is 14.7 Å². The number of aromatic nitrogens is 2. The molecule has 1 aromatic carbocycles. The van der Waals surface area contributed by atoms with E-state index >= 15 is 0 Å². The fraction of sp³-hybridized carbons (Fsp3) is 0.474. The number of carbonyl (C=O) groups excluding carboxylic acids is 1. The van der Waals surface area contributed by atoms with Crippen LogP contribution in [-0.4, -0.2) is 33.2 Å². The van der Waals surface area contributed by atoms with Crippen molar-refractivity contribution in [3.63, 3.8) is 0 Å². The highest BCUT2D eigenvalue weighted by atomic mass is 16.2. The van der Waals surface area contributed by atoms with Crippen molar-refractivity contribution in [1.29, 1.82) is 0 Å². The summed E-state index contributed by atoms with van der Waals surface area (Å²) in [5, 5.41) is 3.00. The Morgan fingerprint density at radius 3 is 2.67 bits per heavy atom. The Labute approximate surface area is 141 Å². The topological polar surface area (TPSA) is 58.1 Å². The van der Waals surface area contributed by atoms with Crippen LogP contribution in [0.15, 0.2) is 35.1 Å². The van der Waals surface area contributed by atoms with Crippen LogP contribution in [0.1, 0.15) is 48.2 Å². The number of aromatic amines is 1. The minimum atomic E-state index is -0.193. The van der Waals surface area contributed by atoms with Crippen molar-refractivity contribution in [2.45, 2.75) is 45.1 Å². The zero-order valence-electron chi connectivity index (χ0n) is 14.0. The monoisotopic (exact) mass is 325 g/mol. The zero-order valence-corrected chi connectivity index (χ0v) is 14.0. The standard InChI is InChI=1S/C19H23N3O2/c1-13-6-8-15(9-7-13)22-18(23)12-16(20-22)19(24)21-11-10-14-4-2-3-5-17(14)21/h6-9,12,14,17,20H,2-5,10-11H2,1H3/t14-,17-/m0/s1. The molecule has 1 N–H and O–H groups in total.